The summed E-state index contributed by atoms with van der Waals surface area (Å²) in [4.78, 5) is 22.8. The van der Waals surface area contributed by atoms with Gasteiger partial charge in [0.1, 0.15) is 0 Å². The van der Waals surface area contributed by atoms with E-state index in [1.54, 1.807) is 12.3 Å². The van der Waals surface area contributed by atoms with Crippen LogP contribution in [0.15, 0.2) is 36.5 Å². The summed E-state index contributed by atoms with van der Waals surface area (Å²) in [7, 11) is 0. The van der Waals surface area contributed by atoms with Crippen molar-refractivity contribution in [3.8, 4) is 0 Å². The number of nitro benzene ring substituents is 1. The molecule has 0 spiro atoms. The zero-order valence-corrected chi connectivity index (χ0v) is 8.29. The molecule has 0 aromatic heterocycles. The van der Waals surface area contributed by atoms with Gasteiger partial charge in [0.05, 0.1) is 10.6 Å². The van der Waals surface area contributed by atoms with Gasteiger partial charge >= 0.3 is 6.03 Å². The maximum absolute atomic E-state index is 11.4. The molecule has 2 rings (SSSR count). The van der Waals surface area contributed by atoms with Gasteiger partial charge in [-0.05, 0) is 18.2 Å². The molecule has 1 heterocycles. The highest BCUT2D eigenvalue weighted by Gasteiger charge is 2.15. The van der Waals surface area contributed by atoms with Crippen molar-refractivity contribution in [1.29, 1.82) is 0 Å². The quantitative estimate of drug-likeness (QED) is 0.606. The van der Waals surface area contributed by atoms with E-state index in [4.69, 9.17) is 0 Å². The van der Waals surface area contributed by atoms with Gasteiger partial charge in [-0.25, -0.2) is 4.79 Å². The minimum Gasteiger partial charge on any atom is -0.334 e. The standard InChI is InChI=1S/C10H9N3O3/c14-10-11-6-1-7-12(10)8-2-4-9(5-3-8)13(15)16/h1-5,7H,6H2,(H,11,14). The first-order chi connectivity index (χ1) is 7.68. The van der Waals surface area contributed by atoms with Crippen molar-refractivity contribution in [2.45, 2.75) is 0 Å². The van der Waals surface area contributed by atoms with Crippen LogP contribution >= 0.6 is 0 Å². The normalized spacial score (nSPS) is 14.8. The van der Waals surface area contributed by atoms with Crippen molar-refractivity contribution in [2.24, 2.45) is 0 Å². The van der Waals surface area contributed by atoms with E-state index in [1.165, 1.54) is 29.2 Å². The van der Waals surface area contributed by atoms with Crippen LogP contribution in [0.25, 0.3) is 0 Å². The summed E-state index contributed by atoms with van der Waals surface area (Å²) >= 11 is 0. The van der Waals surface area contributed by atoms with Crippen molar-refractivity contribution < 1.29 is 9.72 Å². The summed E-state index contributed by atoms with van der Waals surface area (Å²) < 4.78 is 0. The first kappa shape index (κ1) is 10.2. The van der Waals surface area contributed by atoms with Crippen LogP contribution in [0, 0.1) is 10.1 Å². The average Bonchev–Trinajstić information content (AvgIpc) is 2.30. The Bertz CT molecular complexity index is 453. The van der Waals surface area contributed by atoms with Crippen LogP contribution in [0.4, 0.5) is 16.2 Å². The third kappa shape index (κ3) is 1.85. The van der Waals surface area contributed by atoms with Crippen LogP contribution in [-0.2, 0) is 0 Å². The summed E-state index contributed by atoms with van der Waals surface area (Å²) in [6.45, 7) is 0.502. The minimum atomic E-state index is -0.476. The number of nitro groups is 1. The van der Waals surface area contributed by atoms with Crippen molar-refractivity contribution >= 4 is 17.4 Å². The number of hydrogen-bond donors (Lipinski definition) is 1. The number of carbonyl (C=O) groups is 1. The molecule has 6 nitrogen and oxygen atoms in total. The van der Waals surface area contributed by atoms with E-state index >= 15 is 0 Å². The summed E-state index contributed by atoms with van der Waals surface area (Å²) in [5, 5.41) is 13.1. The molecule has 0 aliphatic carbocycles. The van der Waals surface area contributed by atoms with Crippen molar-refractivity contribution in [3.05, 3.63) is 46.7 Å². The Kier molecular flexibility index (Phi) is 2.55. The van der Waals surface area contributed by atoms with Crippen LogP contribution in [0.1, 0.15) is 0 Å². The second-order valence-corrected chi connectivity index (χ2v) is 3.21. The molecule has 0 saturated carbocycles. The highest BCUT2D eigenvalue weighted by Crippen LogP contribution is 2.20. The van der Waals surface area contributed by atoms with Gasteiger partial charge in [0.15, 0.2) is 0 Å². The minimum absolute atomic E-state index is 0.00477. The maximum Gasteiger partial charge on any atom is 0.326 e. The second kappa shape index (κ2) is 4.01. The molecule has 1 aromatic rings. The number of nitrogens with zero attached hydrogens (tertiary/aromatic N) is 2. The zero-order valence-electron chi connectivity index (χ0n) is 8.29. The molecule has 16 heavy (non-hydrogen) atoms. The Hall–Kier alpha value is -2.37. The summed E-state index contributed by atoms with van der Waals surface area (Å²) in [6, 6.07) is 5.56. The SMILES string of the molecule is O=C1NCC=CN1c1ccc([N+](=O)[O-])cc1. The summed E-state index contributed by atoms with van der Waals surface area (Å²) in [5.41, 5.74) is 0.601. The molecule has 82 valence electrons. The van der Waals surface area contributed by atoms with Gasteiger partial charge in [0, 0.05) is 24.9 Å². The lowest BCUT2D eigenvalue weighted by atomic mass is 10.2. The predicted octanol–water partition coefficient (Wildman–Crippen LogP) is 1.64. The third-order valence-corrected chi connectivity index (χ3v) is 2.18. The highest BCUT2D eigenvalue weighted by molar-refractivity contribution is 5.94. The molecule has 0 saturated heterocycles. The molecule has 6 heteroatoms. The van der Waals surface area contributed by atoms with E-state index in [1.807, 2.05) is 0 Å². The van der Waals surface area contributed by atoms with Crippen LogP contribution in [0.5, 0.6) is 0 Å². The van der Waals surface area contributed by atoms with Gasteiger partial charge in [0.25, 0.3) is 5.69 Å². The monoisotopic (exact) mass is 219 g/mol. The lowest BCUT2D eigenvalue weighted by Gasteiger charge is -2.21. The molecule has 0 radical (unpaired) electrons. The summed E-state index contributed by atoms with van der Waals surface area (Å²) in [6.07, 6.45) is 3.43. The van der Waals surface area contributed by atoms with Crippen LogP contribution in [0.3, 0.4) is 0 Å². The molecule has 0 unspecified atom stereocenters. The lowest BCUT2D eigenvalue weighted by molar-refractivity contribution is -0.384. The van der Waals surface area contributed by atoms with Crippen LogP contribution in [-0.4, -0.2) is 17.5 Å². The first-order valence-electron chi connectivity index (χ1n) is 4.66. The Morgan fingerprint density at radius 2 is 2.00 bits per heavy atom. The number of rotatable bonds is 2. The van der Waals surface area contributed by atoms with Crippen molar-refractivity contribution in [1.82, 2.24) is 5.32 Å². The topological polar surface area (TPSA) is 75.5 Å². The largest absolute Gasteiger partial charge is 0.334 e. The highest BCUT2D eigenvalue weighted by atomic mass is 16.6. The fraction of sp³-hybridized carbons (Fsp3) is 0.100. The number of urea groups is 1. The van der Waals surface area contributed by atoms with E-state index in [2.05, 4.69) is 5.32 Å². The Morgan fingerprint density at radius 1 is 1.31 bits per heavy atom. The van der Waals surface area contributed by atoms with Gasteiger partial charge in [-0.15, -0.1) is 0 Å². The van der Waals surface area contributed by atoms with E-state index in [-0.39, 0.29) is 11.7 Å². The number of amides is 2. The second-order valence-electron chi connectivity index (χ2n) is 3.21. The van der Waals surface area contributed by atoms with Crippen molar-refractivity contribution in [2.75, 3.05) is 11.4 Å². The summed E-state index contributed by atoms with van der Waals surface area (Å²) in [5.74, 6) is 0. The molecular weight excluding hydrogens is 210 g/mol. The van der Waals surface area contributed by atoms with E-state index in [0.29, 0.717) is 12.2 Å². The fourth-order valence-electron chi connectivity index (χ4n) is 1.40. The first-order valence-corrected chi connectivity index (χ1v) is 4.66. The molecule has 1 N–H and O–H groups in total. The smallest absolute Gasteiger partial charge is 0.326 e. The number of non-ortho nitro benzene ring substituents is 1. The predicted molar refractivity (Wildman–Crippen MR) is 58.1 cm³/mol. The Morgan fingerprint density at radius 3 is 2.56 bits per heavy atom. The maximum atomic E-state index is 11.4. The molecule has 1 aliphatic heterocycles. The van der Waals surface area contributed by atoms with Gasteiger partial charge in [-0.1, -0.05) is 0 Å². The number of benzene rings is 1. The Balaban J connectivity index is 2.27. The lowest BCUT2D eigenvalue weighted by Crippen LogP contribution is -2.39. The fourth-order valence-corrected chi connectivity index (χ4v) is 1.40. The molecule has 0 atom stereocenters. The Labute approximate surface area is 91.3 Å². The molecule has 0 bridgehead atoms. The third-order valence-electron chi connectivity index (χ3n) is 2.18. The van der Waals surface area contributed by atoms with E-state index in [9.17, 15) is 14.9 Å². The number of carbonyl (C=O) groups excluding carboxylic acids is 1. The molecule has 1 aromatic carbocycles. The van der Waals surface area contributed by atoms with Crippen molar-refractivity contribution in [3.63, 3.8) is 0 Å². The number of anilines is 1. The van der Waals surface area contributed by atoms with E-state index in [0.717, 1.165) is 0 Å². The average molecular weight is 219 g/mol. The molecule has 0 fully saturated rings. The van der Waals surface area contributed by atoms with E-state index < -0.39 is 4.92 Å². The van der Waals surface area contributed by atoms with Gasteiger partial charge in [0.2, 0.25) is 0 Å². The van der Waals surface area contributed by atoms with Crippen LogP contribution < -0.4 is 10.2 Å². The van der Waals surface area contributed by atoms with Gasteiger partial charge in [-0.2, -0.15) is 0 Å². The molecular formula is C10H9N3O3. The van der Waals surface area contributed by atoms with Gasteiger partial charge in [-0.3, -0.25) is 15.0 Å². The number of nitrogens with one attached hydrogen (secondary N) is 1. The molecule has 1 aliphatic rings. The molecule has 2 amide bonds. The number of hydrogen-bond acceptors (Lipinski definition) is 3. The zero-order chi connectivity index (χ0) is 11.5. The van der Waals surface area contributed by atoms with Crippen LogP contribution in [0.2, 0.25) is 0 Å². The van der Waals surface area contributed by atoms with Gasteiger partial charge < -0.3 is 5.32 Å².